The number of ether oxygens (including phenoxy) is 1. The molecule has 0 atom stereocenters. The summed E-state index contributed by atoms with van der Waals surface area (Å²) in [6.07, 6.45) is 0.428. The number of non-ortho nitro benzene ring substituents is 1. The molecule has 2 rings (SSSR count). The lowest BCUT2D eigenvalue weighted by atomic mass is 10.0. The minimum atomic E-state index is -0.433. The lowest BCUT2D eigenvalue weighted by Crippen LogP contribution is -1.93. The van der Waals surface area contributed by atoms with Gasteiger partial charge in [-0.1, -0.05) is 18.2 Å². The number of benzene rings is 2. The molecule has 0 fully saturated rings. The summed E-state index contributed by atoms with van der Waals surface area (Å²) in [5, 5.41) is 20.5. The van der Waals surface area contributed by atoms with Gasteiger partial charge in [-0.05, 0) is 17.2 Å². The van der Waals surface area contributed by atoms with Crippen molar-refractivity contribution < 1.29 is 14.8 Å². The monoisotopic (exact) mass is 259 g/mol. The van der Waals surface area contributed by atoms with E-state index in [1.807, 2.05) is 0 Å². The molecule has 1 N–H and O–H groups in total. The summed E-state index contributed by atoms with van der Waals surface area (Å²) in [5.41, 5.74) is 1.52. The molecule has 98 valence electrons. The molecule has 2 aromatic carbocycles. The molecule has 0 saturated carbocycles. The zero-order valence-electron chi connectivity index (χ0n) is 10.4. The predicted molar refractivity (Wildman–Crippen MR) is 70.6 cm³/mol. The van der Waals surface area contributed by atoms with Crippen LogP contribution >= 0.6 is 0 Å². The molecular formula is C14H13NO4. The van der Waals surface area contributed by atoms with Gasteiger partial charge in [0.2, 0.25) is 0 Å². The molecule has 0 aromatic heterocycles. The maximum atomic E-state index is 10.7. The van der Waals surface area contributed by atoms with Crippen LogP contribution in [0.2, 0.25) is 0 Å². The molecule has 5 heteroatoms. The van der Waals surface area contributed by atoms with Crippen LogP contribution in [0.1, 0.15) is 11.1 Å². The van der Waals surface area contributed by atoms with Crippen molar-refractivity contribution in [1.29, 1.82) is 0 Å². The van der Waals surface area contributed by atoms with Gasteiger partial charge in [0.1, 0.15) is 11.5 Å². The van der Waals surface area contributed by atoms with Crippen molar-refractivity contribution in [3.05, 3.63) is 63.7 Å². The second kappa shape index (κ2) is 5.39. The average Bonchev–Trinajstić information content (AvgIpc) is 2.41. The first-order chi connectivity index (χ1) is 9.10. The summed E-state index contributed by atoms with van der Waals surface area (Å²) in [5.74, 6) is 0.686. The molecule has 0 unspecified atom stereocenters. The van der Waals surface area contributed by atoms with Crippen molar-refractivity contribution in [2.24, 2.45) is 0 Å². The highest BCUT2D eigenvalue weighted by molar-refractivity contribution is 5.44. The average molecular weight is 259 g/mol. The SMILES string of the molecule is COc1ccc(Cc2cccc([N+](=O)[O-])c2)c(O)c1. The van der Waals surface area contributed by atoms with Gasteiger partial charge >= 0.3 is 0 Å². The van der Waals surface area contributed by atoms with Gasteiger partial charge in [-0.2, -0.15) is 0 Å². The molecule has 0 spiro atoms. The first-order valence-electron chi connectivity index (χ1n) is 5.69. The van der Waals surface area contributed by atoms with E-state index in [9.17, 15) is 15.2 Å². The lowest BCUT2D eigenvalue weighted by molar-refractivity contribution is -0.384. The van der Waals surface area contributed by atoms with Crippen LogP contribution in [-0.2, 0) is 6.42 Å². The van der Waals surface area contributed by atoms with Gasteiger partial charge in [-0.25, -0.2) is 0 Å². The van der Waals surface area contributed by atoms with Gasteiger partial charge in [0, 0.05) is 24.6 Å². The standard InChI is InChI=1S/C14H13NO4/c1-19-13-6-5-11(14(16)9-13)7-10-3-2-4-12(8-10)15(17)18/h2-6,8-9,16H,7H2,1H3. The van der Waals surface area contributed by atoms with Crippen molar-refractivity contribution in [1.82, 2.24) is 0 Å². The molecule has 2 aromatic rings. The molecule has 0 radical (unpaired) electrons. The summed E-state index contributed by atoms with van der Waals surface area (Å²) < 4.78 is 5.00. The number of nitro benzene ring substituents is 1. The van der Waals surface area contributed by atoms with Crippen molar-refractivity contribution >= 4 is 5.69 Å². The van der Waals surface area contributed by atoms with Crippen LogP contribution < -0.4 is 4.74 Å². The highest BCUT2D eigenvalue weighted by Crippen LogP contribution is 2.26. The van der Waals surface area contributed by atoms with Gasteiger partial charge in [0.25, 0.3) is 5.69 Å². The number of nitrogens with zero attached hydrogens (tertiary/aromatic N) is 1. The first-order valence-corrected chi connectivity index (χ1v) is 5.69. The van der Waals surface area contributed by atoms with Crippen LogP contribution in [0.3, 0.4) is 0 Å². The Morgan fingerprint density at radius 2 is 2.05 bits per heavy atom. The van der Waals surface area contributed by atoms with E-state index >= 15 is 0 Å². The zero-order valence-corrected chi connectivity index (χ0v) is 10.4. The summed E-state index contributed by atoms with van der Waals surface area (Å²) in [6, 6.07) is 11.4. The number of methoxy groups -OCH3 is 1. The Labute approximate surface area is 110 Å². The van der Waals surface area contributed by atoms with Crippen molar-refractivity contribution in [2.75, 3.05) is 7.11 Å². The maximum absolute atomic E-state index is 10.7. The van der Waals surface area contributed by atoms with Gasteiger partial charge in [-0.15, -0.1) is 0 Å². The number of rotatable bonds is 4. The minimum Gasteiger partial charge on any atom is -0.508 e. The quantitative estimate of drug-likeness (QED) is 0.676. The number of aromatic hydroxyl groups is 1. The topological polar surface area (TPSA) is 72.6 Å². The Morgan fingerprint density at radius 3 is 2.68 bits per heavy atom. The second-order valence-corrected chi connectivity index (χ2v) is 4.10. The lowest BCUT2D eigenvalue weighted by Gasteiger charge is -2.07. The number of phenols is 1. The zero-order chi connectivity index (χ0) is 13.8. The van der Waals surface area contributed by atoms with Crippen LogP contribution in [0, 0.1) is 10.1 Å². The van der Waals surface area contributed by atoms with Gasteiger partial charge in [-0.3, -0.25) is 10.1 Å². The Kier molecular flexibility index (Phi) is 3.66. The third kappa shape index (κ3) is 3.01. The van der Waals surface area contributed by atoms with E-state index in [1.54, 1.807) is 24.3 Å². The molecule has 5 nitrogen and oxygen atoms in total. The highest BCUT2D eigenvalue weighted by Gasteiger charge is 2.08. The molecule has 0 bridgehead atoms. The third-order valence-corrected chi connectivity index (χ3v) is 2.81. The molecule has 0 heterocycles. The Hall–Kier alpha value is -2.56. The number of nitro groups is 1. The smallest absolute Gasteiger partial charge is 0.269 e. The summed E-state index contributed by atoms with van der Waals surface area (Å²) >= 11 is 0. The van der Waals surface area contributed by atoms with E-state index in [0.29, 0.717) is 17.7 Å². The molecule has 0 aliphatic carbocycles. The van der Waals surface area contributed by atoms with E-state index in [0.717, 1.165) is 5.56 Å². The molecular weight excluding hydrogens is 246 g/mol. The van der Waals surface area contributed by atoms with E-state index in [4.69, 9.17) is 4.74 Å². The van der Waals surface area contributed by atoms with E-state index < -0.39 is 4.92 Å². The number of hydrogen-bond donors (Lipinski definition) is 1. The Balaban J connectivity index is 2.26. The fourth-order valence-corrected chi connectivity index (χ4v) is 1.82. The van der Waals surface area contributed by atoms with Crippen LogP contribution in [0.5, 0.6) is 11.5 Å². The maximum Gasteiger partial charge on any atom is 0.269 e. The fourth-order valence-electron chi connectivity index (χ4n) is 1.82. The highest BCUT2D eigenvalue weighted by atomic mass is 16.6. The van der Waals surface area contributed by atoms with E-state index in [-0.39, 0.29) is 11.4 Å². The summed E-state index contributed by atoms with van der Waals surface area (Å²) in [4.78, 5) is 10.3. The van der Waals surface area contributed by atoms with Gasteiger partial charge in [0.05, 0.1) is 12.0 Å². The summed E-state index contributed by atoms with van der Waals surface area (Å²) in [6.45, 7) is 0. The predicted octanol–water partition coefficient (Wildman–Crippen LogP) is 2.90. The molecule has 0 aliphatic heterocycles. The van der Waals surface area contributed by atoms with Crippen LogP contribution in [0.4, 0.5) is 5.69 Å². The minimum absolute atomic E-state index is 0.0468. The van der Waals surface area contributed by atoms with E-state index in [2.05, 4.69) is 0 Å². The van der Waals surface area contributed by atoms with Gasteiger partial charge in [0.15, 0.2) is 0 Å². The van der Waals surface area contributed by atoms with Crippen molar-refractivity contribution in [3.63, 3.8) is 0 Å². The van der Waals surface area contributed by atoms with Crippen molar-refractivity contribution in [3.8, 4) is 11.5 Å². The molecule has 0 aliphatic rings. The Morgan fingerprint density at radius 1 is 1.26 bits per heavy atom. The molecule has 19 heavy (non-hydrogen) atoms. The third-order valence-electron chi connectivity index (χ3n) is 2.81. The molecule has 0 saturated heterocycles. The molecule has 0 amide bonds. The normalized spacial score (nSPS) is 10.2. The largest absolute Gasteiger partial charge is 0.508 e. The van der Waals surface area contributed by atoms with Gasteiger partial charge < -0.3 is 9.84 Å². The van der Waals surface area contributed by atoms with Crippen LogP contribution in [0.25, 0.3) is 0 Å². The number of phenolic OH excluding ortho intramolecular Hbond substituents is 1. The fraction of sp³-hybridized carbons (Fsp3) is 0.143. The van der Waals surface area contributed by atoms with Crippen LogP contribution in [0.15, 0.2) is 42.5 Å². The first kappa shape index (κ1) is 12.9. The van der Waals surface area contributed by atoms with Crippen molar-refractivity contribution in [2.45, 2.75) is 6.42 Å². The van der Waals surface area contributed by atoms with E-state index in [1.165, 1.54) is 25.3 Å². The van der Waals surface area contributed by atoms with Crippen LogP contribution in [-0.4, -0.2) is 17.1 Å². The summed E-state index contributed by atoms with van der Waals surface area (Å²) in [7, 11) is 1.52. The Bertz CT molecular complexity index is 610. The second-order valence-electron chi connectivity index (χ2n) is 4.10. The number of hydrogen-bond acceptors (Lipinski definition) is 4.